The lowest BCUT2D eigenvalue weighted by atomic mass is 9.78. The highest BCUT2D eigenvalue weighted by Crippen LogP contribution is 2.33. The lowest BCUT2D eigenvalue weighted by molar-refractivity contribution is -0.178. The quantitative estimate of drug-likeness (QED) is 0.748. The molecule has 1 fully saturated rings. The zero-order valence-electron chi connectivity index (χ0n) is 12.9. The van der Waals surface area contributed by atoms with Gasteiger partial charge < -0.3 is 19.7 Å². The number of carboxylic acid groups (broad SMARTS) is 1. The molecule has 0 bridgehead atoms. The van der Waals surface area contributed by atoms with Crippen LogP contribution in [0.4, 0.5) is 0 Å². The molecule has 2 N–H and O–H groups in total. The van der Waals surface area contributed by atoms with E-state index in [1.165, 1.54) is 13.8 Å². The number of carbonyl (C=O) groups is 3. The van der Waals surface area contributed by atoms with Gasteiger partial charge in [-0.25, -0.2) is 0 Å². The first-order valence-corrected chi connectivity index (χ1v) is 6.82. The molecular weight excluding hydrogens is 280 g/mol. The Morgan fingerprint density at radius 1 is 1.05 bits per heavy atom. The van der Waals surface area contributed by atoms with E-state index in [0.29, 0.717) is 12.3 Å². The summed E-state index contributed by atoms with van der Waals surface area (Å²) in [4.78, 5) is 31.1. The van der Waals surface area contributed by atoms with Gasteiger partial charge in [-0.05, 0) is 18.8 Å². The number of carboxylic acids is 1. The van der Waals surface area contributed by atoms with Gasteiger partial charge in [0.15, 0.2) is 0 Å². The molecule has 0 radical (unpaired) electrons. The van der Waals surface area contributed by atoms with Crippen LogP contribution in [-0.4, -0.2) is 46.9 Å². The van der Waals surface area contributed by atoms with Gasteiger partial charge >= 0.3 is 11.9 Å². The fourth-order valence-corrected chi connectivity index (χ4v) is 2.45. The molecule has 7 heteroatoms. The van der Waals surface area contributed by atoms with Crippen LogP contribution in [-0.2, 0) is 23.9 Å². The number of rotatable bonds is 3. The molecule has 0 saturated heterocycles. The molecular formula is C14H24O7. The predicted molar refractivity (Wildman–Crippen MR) is 73.4 cm³/mol. The van der Waals surface area contributed by atoms with E-state index in [1.807, 2.05) is 6.92 Å². The molecule has 1 saturated carbocycles. The summed E-state index contributed by atoms with van der Waals surface area (Å²) < 4.78 is 10.4. The van der Waals surface area contributed by atoms with Gasteiger partial charge in [-0.1, -0.05) is 6.92 Å². The summed E-state index contributed by atoms with van der Waals surface area (Å²) in [5, 5.41) is 16.7. The van der Waals surface area contributed by atoms with Crippen LogP contribution in [0, 0.1) is 11.8 Å². The Morgan fingerprint density at radius 3 is 1.90 bits per heavy atom. The van der Waals surface area contributed by atoms with Crippen LogP contribution in [0.25, 0.3) is 0 Å². The lowest BCUT2D eigenvalue weighted by Gasteiger charge is -2.38. The van der Waals surface area contributed by atoms with E-state index in [-0.39, 0.29) is 12.5 Å². The fourth-order valence-electron chi connectivity index (χ4n) is 2.45. The van der Waals surface area contributed by atoms with Gasteiger partial charge in [0, 0.05) is 33.3 Å². The van der Waals surface area contributed by atoms with Crippen molar-refractivity contribution in [1.82, 2.24) is 0 Å². The number of hydrogen-bond donors (Lipinski definition) is 2. The number of aliphatic hydroxyl groups is 1. The number of esters is 2. The van der Waals surface area contributed by atoms with Crippen molar-refractivity contribution in [1.29, 1.82) is 0 Å². The van der Waals surface area contributed by atoms with Crippen molar-refractivity contribution in [3.8, 4) is 0 Å². The van der Waals surface area contributed by atoms with Crippen molar-refractivity contribution in [3.63, 3.8) is 0 Å². The van der Waals surface area contributed by atoms with E-state index in [0.717, 1.165) is 13.3 Å². The van der Waals surface area contributed by atoms with E-state index < -0.39 is 30.1 Å². The first-order chi connectivity index (χ1) is 9.67. The van der Waals surface area contributed by atoms with Crippen molar-refractivity contribution in [2.75, 3.05) is 6.61 Å². The maximum atomic E-state index is 11.0. The third-order valence-electron chi connectivity index (χ3n) is 3.02. The molecule has 0 amide bonds. The molecule has 4 unspecified atom stereocenters. The lowest BCUT2D eigenvalue weighted by Crippen LogP contribution is -2.46. The highest BCUT2D eigenvalue weighted by atomic mass is 16.6. The smallest absolute Gasteiger partial charge is 0.303 e. The molecule has 0 aromatic carbocycles. The molecule has 21 heavy (non-hydrogen) atoms. The minimum Gasteiger partial charge on any atom is -0.481 e. The zero-order valence-corrected chi connectivity index (χ0v) is 12.9. The topological polar surface area (TPSA) is 110 Å². The number of ether oxygens (including phenoxy) is 2. The van der Waals surface area contributed by atoms with Crippen LogP contribution in [0.2, 0.25) is 0 Å². The van der Waals surface area contributed by atoms with Gasteiger partial charge in [-0.2, -0.15) is 0 Å². The molecule has 7 nitrogen and oxygen atoms in total. The maximum absolute atomic E-state index is 11.0. The van der Waals surface area contributed by atoms with Crippen LogP contribution in [0.15, 0.2) is 0 Å². The van der Waals surface area contributed by atoms with Crippen LogP contribution in [0.5, 0.6) is 0 Å². The molecule has 4 atom stereocenters. The molecule has 0 spiro atoms. The van der Waals surface area contributed by atoms with E-state index in [2.05, 4.69) is 0 Å². The minimum absolute atomic E-state index is 0.0694. The standard InChI is InChI=1S/C12H20O5.C2H4O2/c1-7-4-10(6-13)12(17-9(3)15)11(5-7)16-8(2)14;1-2(3)4/h7,10-13H,4-6H2,1-3H3;1H3,(H,3,4). The SMILES string of the molecule is CC(=O)O.CC(=O)OC1CC(C)CC(CO)C1OC(C)=O. The molecule has 0 heterocycles. The van der Waals surface area contributed by atoms with Crippen molar-refractivity contribution < 1.29 is 34.1 Å². The predicted octanol–water partition coefficient (Wildman–Crippen LogP) is 0.979. The van der Waals surface area contributed by atoms with Gasteiger partial charge in [0.25, 0.3) is 5.97 Å². The third kappa shape index (κ3) is 8.29. The Labute approximate surface area is 124 Å². The molecule has 0 aromatic heterocycles. The summed E-state index contributed by atoms with van der Waals surface area (Å²) in [5.41, 5.74) is 0. The number of hydrogen-bond acceptors (Lipinski definition) is 6. The normalized spacial score (nSPS) is 27.9. The minimum atomic E-state index is -0.833. The van der Waals surface area contributed by atoms with E-state index >= 15 is 0 Å². The van der Waals surface area contributed by atoms with E-state index in [4.69, 9.17) is 19.4 Å². The second kappa shape index (κ2) is 9.33. The first-order valence-electron chi connectivity index (χ1n) is 6.82. The summed E-state index contributed by atoms with van der Waals surface area (Å²) in [6.45, 7) is 5.69. The first kappa shape index (κ1) is 19.4. The monoisotopic (exact) mass is 304 g/mol. The maximum Gasteiger partial charge on any atom is 0.303 e. The van der Waals surface area contributed by atoms with Crippen LogP contribution < -0.4 is 0 Å². The Hall–Kier alpha value is -1.63. The molecule has 0 aliphatic heterocycles. The van der Waals surface area contributed by atoms with E-state index in [9.17, 15) is 14.7 Å². The summed E-state index contributed by atoms with van der Waals surface area (Å²) in [6.07, 6.45) is 0.454. The summed E-state index contributed by atoms with van der Waals surface area (Å²) in [5.74, 6) is -1.46. The van der Waals surface area contributed by atoms with Gasteiger partial charge in [0.05, 0.1) is 0 Å². The molecule has 122 valence electrons. The second-order valence-corrected chi connectivity index (χ2v) is 5.26. The average molecular weight is 304 g/mol. The van der Waals surface area contributed by atoms with Gasteiger partial charge in [-0.3, -0.25) is 14.4 Å². The highest BCUT2D eigenvalue weighted by Gasteiger charge is 2.40. The number of aliphatic hydroxyl groups excluding tert-OH is 1. The average Bonchev–Trinajstić information content (AvgIpc) is 2.30. The summed E-state index contributed by atoms with van der Waals surface area (Å²) >= 11 is 0. The summed E-state index contributed by atoms with van der Waals surface area (Å²) in [6, 6.07) is 0. The fraction of sp³-hybridized carbons (Fsp3) is 0.786. The Balaban J connectivity index is 0.000000885. The largest absolute Gasteiger partial charge is 0.481 e. The van der Waals surface area contributed by atoms with Gasteiger partial charge in [0.1, 0.15) is 12.2 Å². The molecule has 1 aliphatic rings. The van der Waals surface area contributed by atoms with Crippen LogP contribution in [0.3, 0.4) is 0 Å². The van der Waals surface area contributed by atoms with Gasteiger partial charge in [-0.15, -0.1) is 0 Å². The van der Waals surface area contributed by atoms with E-state index in [1.54, 1.807) is 0 Å². The highest BCUT2D eigenvalue weighted by molar-refractivity contribution is 5.67. The Kier molecular flexibility index (Phi) is 8.61. The summed E-state index contributed by atoms with van der Waals surface area (Å²) in [7, 11) is 0. The van der Waals surface area contributed by atoms with Gasteiger partial charge in [0.2, 0.25) is 0 Å². The molecule has 0 aromatic rings. The Bertz CT molecular complexity index is 362. The third-order valence-corrected chi connectivity index (χ3v) is 3.02. The second-order valence-electron chi connectivity index (χ2n) is 5.26. The number of aliphatic carboxylic acids is 1. The zero-order chi connectivity index (χ0) is 16.6. The molecule has 1 aliphatic carbocycles. The van der Waals surface area contributed by atoms with Crippen molar-refractivity contribution in [2.45, 2.75) is 52.7 Å². The van der Waals surface area contributed by atoms with Crippen molar-refractivity contribution in [3.05, 3.63) is 0 Å². The van der Waals surface area contributed by atoms with Crippen LogP contribution >= 0.6 is 0 Å². The van der Waals surface area contributed by atoms with Crippen molar-refractivity contribution in [2.24, 2.45) is 11.8 Å². The van der Waals surface area contributed by atoms with Crippen molar-refractivity contribution >= 4 is 17.9 Å². The number of carbonyl (C=O) groups excluding carboxylic acids is 2. The molecule has 1 rings (SSSR count). The van der Waals surface area contributed by atoms with Crippen LogP contribution in [0.1, 0.15) is 40.5 Å². The Morgan fingerprint density at radius 2 is 1.52 bits per heavy atom.